The van der Waals surface area contributed by atoms with Crippen LogP contribution in [0, 0.1) is 12.3 Å². The van der Waals surface area contributed by atoms with Gasteiger partial charge in [-0.25, -0.2) is 15.0 Å². The van der Waals surface area contributed by atoms with Gasteiger partial charge in [0.15, 0.2) is 22.1 Å². The van der Waals surface area contributed by atoms with Crippen molar-refractivity contribution < 1.29 is 0 Å². The number of nitrogen functional groups attached to an aromatic ring is 1. The van der Waals surface area contributed by atoms with Crippen LogP contribution in [0.15, 0.2) is 43.5 Å². The van der Waals surface area contributed by atoms with Gasteiger partial charge in [0.25, 0.3) is 0 Å². The number of hydrogen-bond acceptors (Lipinski definition) is 5. The number of nitrogens with zero attached hydrogens (tertiary/aromatic N) is 4. The average molecular weight is 467 g/mol. The Balaban J connectivity index is 2.03. The SMILES string of the molecule is C#CCCCn1c(Sc2cc(Br)cc(Br)c2)nc2c(N)ncnc21. The third-order valence-corrected chi connectivity index (χ3v) is 5.15. The Morgan fingerprint density at radius 2 is 1.96 bits per heavy atom. The molecule has 5 nitrogen and oxygen atoms in total. The highest BCUT2D eigenvalue weighted by Crippen LogP contribution is 2.34. The van der Waals surface area contributed by atoms with Crippen molar-refractivity contribution in [1.82, 2.24) is 19.5 Å². The predicted molar refractivity (Wildman–Crippen MR) is 104 cm³/mol. The van der Waals surface area contributed by atoms with E-state index in [0.717, 1.165) is 37.6 Å². The summed E-state index contributed by atoms with van der Waals surface area (Å²) >= 11 is 8.57. The molecule has 0 atom stereocenters. The number of halogens is 2. The molecule has 2 heterocycles. The highest BCUT2D eigenvalue weighted by Gasteiger charge is 2.16. The molecule has 0 fully saturated rings. The fourth-order valence-corrected chi connectivity index (χ4v) is 4.85. The van der Waals surface area contributed by atoms with E-state index in [1.165, 1.54) is 6.33 Å². The summed E-state index contributed by atoms with van der Waals surface area (Å²) in [4.78, 5) is 14.1. The lowest BCUT2D eigenvalue weighted by Gasteiger charge is -2.08. The Morgan fingerprint density at radius 3 is 2.67 bits per heavy atom. The van der Waals surface area contributed by atoms with Crippen LogP contribution in [0.25, 0.3) is 11.2 Å². The van der Waals surface area contributed by atoms with Crippen molar-refractivity contribution >= 4 is 60.6 Å². The molecular formula is C16H13Br2N5S. The Bertz CT molecular complexity index is 912. The van der Waals surface area contributed by atoms with E-state index in [1.807, 2.05) is 22.8 Å². The highest BCUT2D eigenvalue weighted by molar-refractivity contribution is 9.11. The summed E-state index contributed by atoms with van der Waals surface area (Å²) in [6.07, 6.45) is 8.37. The van der Waals surface area contributed by atoms with Gasteiger partial charge in [-0.05, 0) is 24.6 Å². The second-order valence-corrected chi connectivity index (χ2v) is 7.86. The van der Waals surface area contributed by atoms with Gasteiger partial charge in [0.05, 0.1) is 0 Å². The van der Waals surface area contributed by atoms with Crippen molar-refractivity contribution in [3.8, 4) is 12.3 Å². The number of imidazole rings is 1. The van der Waals surface area contributed by atoms with Crippen LogP contribution in [0.3, 0.4) is 0 Å². The number of unbranched alkanes of at least 4 members (excludes halogenated alkanes) is 1. The van der Waals surface area contributed by atoms with Crippen LogP contribution in [-0.2, 0) is 6.54 Å². The average Bonchev–Trinajstić information content (AvgIpc) is 2.86. The third kappa shape index (κ3) is 3.74. The summed E-state index contributed by atoms with van der Waals surface area (Å²) in [7, 11) is 0. The van der Waals surface area contributed by atoms with E-state index in [0.29, 0.717) is 17.8 Å². The summed E-state index contributed by atoms with van der Waals surface area (Å²) in [5, 5.41) is 0.819. The number of anilines is 1. The Kier molecular flexibility index (Phi) is 5.43. The van der Waals surface area contributed by atoms with Crippen molar-refractivity contribution in [1.29, 1.82) is 0 Å². The maximum atomic E-state index is 5.95. The summed E-state index contributed by atoms with van der Waals surface area (Å²) in [5.74, 6) is 3.05. The maximum absolute atomic E-state index is 5.95. The summed E-state index contributed by atoms with van der Waals surface area (Å²) in [5.41, 5.74) is 7.30. The molecule has 0 bridgehead atoms. The van der Waals surface area contributed by atoms with Gasteiger partial charge in [-0.3, -0.25) is 0 Å². The fraction of sp³-hybridized carbons (Fsp3) is 0.188. The lowest BCUT2D eigenvalue weighted by molar-refractivity contribution is 0.615. The zero-order valence-corrected chi connectivity index (χ0v) is 16.5. The largest absolute Gasteiger partial charge is 0.382 e. The minimum Gasteiger partial charge on any atom is -0.382 e. The number of aryl methyl sites for hydroxylation is 1. The first kappa shape index (κ1) is 17.3. The zero-order chi connectivity index (χ0) is 17.1. The van der Waals surface area contributed by atoms with Crippen LogP contribution in [-0.4, -0.2) is 19.5 Å². The molecule has 0 saturated carbocycles. The van der Waals surface area contributed by atoms with E-state index in [2.05, 4.69) is 52.7 Å². The molecule has 3 aromatic rings. The van der Waals surface area contributed by atoms with Crippen molar-refractivity contribution in [2.24, 2.45) is 0 Å². The molecule has 1 aromatic carbocycles. The maximum Gasteiger partial charge on any atom is 0.175 e. The topological polar surface area (TPSA) is 69.6 Å². The summed E-state index contributed by atoms with van der Waals surface area (Å²) in [6, 6.07) is 6.06. The van der Waals surface area contributed by atoms with Gasteiger partial charge in [-0.2, -0.15) is 0 Å². The fourth-order valence-electron chi connectivity index (χ4n) is 2.25. The van der Waals surface area contributed by atoms with Gasteiger partial charge in [0.1, 0.15) is 6.33 Å². The molecule has 0 aliphatic carbocycles. The molecule has 122 valence electrons. The molecule has 0 saturated heterocycles. The molecule has 0 aliphatic heterocycles. The zero-order valence-electron chi connectivity index (χ0n) is 12.5. The predicted octanol–water partition coefficient (Wildman–Crippen LogP) is 4.50. The molecule has 0 unspecified atom stereocenters. The first-order chi connectivity index (χ1) is 11.6. The molecule has 24 heavy (non-hydrogen) atoms. The third-order valence-electron chi connectivity index (χ3n) is 3.27. The van der Waals surface area contributed by atoms with Crippen LogP contribution in [0.5, 0.6) is 0 Å². The Hall–Kier alpha value is -1.56. The van der Waals surface area contributed by atoms with E-state index in [1.54, 1.807) is 11.8 Å². The molecule has 0 radical (unpaired) electrons. The lowest BCUT2D eigenvalue weighted by atomic mass is 10.3. The molecule has 3 rings (SSSR count). The first-order valence-electron chi connectivity index (χ1n) is 7.12. The molecule has 0 aliphatic rings. The van der Waals surface area contributed by atoms with Gasteiger partial charge in [-0.1, -0.05) is 43.6 Å². The number of aromatic nitrogens is 4. The number of nitrogens with two attached hydrogens (primary N) is 1. The standard InChI is InChI=1S/C16H13Br2N5S/c1-2-3-4-5-23-15-13(14(19)20-9-21-15)22-16(23)24-12-7-10(17)6-11(18)8-12/h1,6-9H,3-5H2,(H2,19,20,21). The van der Waals surface area contributed by atoms with Gasteiger partial charge < -0.3 is 10.3 Å². The van der Waals surface area contributed by atoms with Crippen LogP contribution in [0.4, 0.5) is 5.82 Å². The molecule has 2 N–H and O–H groups in total. The van der Waals surface area contributed by atoms with Gasteiger partial charge >= 0.3 is 0 Å². The molecule has 0 spiro atoms. The minimum absolute atomic E-state index is 0.382. The second kappa shape index (κ2) is 7.55. The van der Waals surface area contributed by atoms with Crippen molar-refractivity contribution in [3.05, 3.63) is 33.5 Å². The van der Waals surface area contributed by atoms with E-state index in [9.17, 15) is 0 Å². The highest BCUT2D eigenvalue weighted by atomic mass is 79.9. The van der Waals surface area contributed by atoms with E-state index in [4.69, 9.17) is 12.2 Å². The minimum atomic E-state index is 0.382. The number of fused-ring (bicyclic) bond motifs is 1. The number of hydrogen-bond donors (Lipinski definition) is 1. The summed E-state index contributed by atoms with van der Waals surface area (Å²) < 4.78 is 4.03. The van der Waals surface area contributed by atoms with Gasteiger partial charge in [0.2, 0.25) is 0 Å². The van der Waals surface area contributed by atoms with Crippen molar-refractivity contribution in [3.63, 3.8) is 0 Å². The molecule has 8 heteroatoms. The van der Waals surface area contributed by atoms with Gasteiger partial charge in [-0.15, -0.1) is 12.3 Å². The Labute approximate surface area is 160 Å². The van der Waals surface area contributed by atoms with Crippen LogP contribution in [0.2, 0.25) is 0 Å². The lowest BCUT2D eigenvalue weighted by Crippen LogP contribution is -2.01. The van der Waals surface area contributed by atoms with E-state index in [-0.39, 0.29) is 0 Å². The summed E-state index contributed by atoms with van der Waals surface area (Å²) in [6.45, 7) is 0.731. The number of rotatable bonds is 5. The monoisotopic (exact) mass is 465 g/mol. The van der Waals surface area contributed by atoms with Crippen LogP contribution >= 0.6 is 43.6 Å². The van der Waals surface area contributed by atoms with Crippen molar-refractivity contribution in [2.75, 3.05) is 5.73 Å². The smallest absolute Gasteiger partial charge is 0.175 e. The number of terminal acetylenes is 1. The quantitative estimate of drug-likeness (QED) is 0.442. The van der Waals surface area contributed by atoms with Crippen LogP contribution < -0.4 is 5.73 Å². The van der Waals surface area contributed by atoms with E-state index >= 15 is 0 Å². The normalized spacial score (nSPS) is 10.9. The second-order valence-electron chi connectivity index (χ2n) is 4.99. The Morgan fingerprint density at radius 1 is 1.21 bits per heavy atom. The number of benzene rings is 1. The van der Waals surface area contributed by atoms with Crippen LogP contribution in [0.1, 0.15) is 12.8 Å². The first-order valence-corrected chi connectivity index (χ1v) is 9.53. The molecular weight excluding hydrogens is 454 g/mol. The van der Waals surface area contributed by atoms with Crippen molar-refractivity contribution in [2.45, 2.75) is 29.4 Å². The van der Waals surface area contributed by atoms with Gasteiger partial charge in [0, 0.05) is 26.8 Å². The molecule has 2 aromatic heterocycles. The van der Waals surface area contributed by atoms with E-state index < -0.39 is 0 Å². The molecule has 0 amide bonds.